The lowest BCUT2D eigenvalue weighted by molar-refractivity contribution is -0.144. The molecule has 0 saturated carbocycles. The zero-order valence-corrected chi connectivity index (χ0v) is 8.31. The summed E-state index contributed by atoms with van der Waals surface area (Å²) in [6, 6.07) is 0. The van der Waals surface area contributed by atoms with Gasteiger partial charge < -0.3 is 10.4 Å². The van der Waals surface area contributed by atoms with Gasteiger partial charge in [-0.25, -0.2) is 0 Å². The summed E-state index contributed by atoms with van der Waals surface area (Å²) in [5.41, 5.74) is -0.597. The molecule has 66 valence electrons. The number of rotatable bonds is 2. The molecule has 3 nitrogen and oxygen atoms in total. The third-order valence-corrected chi connectivity index (χ3v) is 2.26. The van der Waals surface area contributed by atoms with Crippen molar-refractivity contribution in [1.82, 2.24) is 5.32 Å². The van der Waals surface area contributed by atoms with Crippen molar-refractivity contribution >= 4 is 23.0 Å². The zero-order valence-electron chi connectivity index (χ0n) is 6.59. The molecule has 1 aliphatic rings. The van der Waals surface area contributed by atoms with Gasteiger partial charge in [0.15, 0.2) is 0 Å². The molecule has 0 aliphatic carbocycles. The van der Waals surface area contributed by atoms with E-state index in [1.54, 1.807) is 0 Å². The third kappa shape index (κ3) is 1.93. The summed E-state index contributed by atoms with van der Waals surface area (Å²) >= 11 is 0. The van der Waals surface area contributed by atoms with E-state index >= 15 is 0 Å². The van der Waals surface area contributed by atoms with Crippen LogP contribution in [0, 0.1) is 0 Å². The van der Waals surface area contributed by atoms with Crippen molar-refractivity contribution in [3.63, 3.8) is 0 Å². The van der Waals surface area contributed by atoms with Gasteiger partial charge in [0.1, 0.15) is 5.54 Å². The summed E-state index contributed by atoms with van der Waals surface area (Å²) < 4.78 is 0. The van der Waals surface area contributed by atoms with Crippen molar-refractivity contribution in [3.05, 3.63) is 0 Å². The quantitative estimate of drug-likeness (QED) is 0.740. The van der Waals surface area contributed by atoms with Crippen LogP contribution < -0.4 is 5.32 Å². The SMILES string of the molecule is Br.CC[C@@]1(C(=O)O)CCCN1. The number of carboxylic acid groups (broad SMARTS) is 1. The second-order valence-electron chi connectivity index (χ2n) is 2.77. The summed E-state index contributed by atoms with van der Waals surface area (Å²) in [6.07, 6.45) is 2.45. The Labute approximate surface area is 76.9 Å². The van der Waals surface area contributed by atoms with E-state index in [2.05, 4.69) is 5.32 Å². The molecule has 1 saturated heterocycles. The molecule has 0 bridgehead atoms. The van der Waals surface area contributed by atoms with E-state index in [0.717, 1.165) is 19.4 Å². The molecule has 1 fully saturated rings. The highest BCUT2D eigenvalue weighted by atomic mass is 79.9. The van der Waals surface area contributed by atoms with Crippen molar-refractivity contribution < 1.29 is 9.90 Å². The lowest BCUT2D eigenvalue weighted by Crippen LogP contribution is -2.46. The number of hydrogen-bond donors (Lipinski definition) is 2. The maximum atomic E-state index is 10.7. The molecule has 0 aromatic rings. The highest BCUT2D eigenvalue weighted by Crippen LogP contribution is 2.22. The molecular formula is C7H14BrNO2. The molecule has 4 heteroatoms. The first kappa shape index (κ1) is 10.9. The molecule has 1 heterocycles. The lowest BCUT2D eigenvalue weighted by atomic mass is 9.95. The number of nitrogens with one attached hydrogen (secondary N) is 1. The fourth-order valence-electron chi connectivity index (χ4n) is 1.44. The maximum absolute atomic E-state index is 10.7. The van der Waals surface area contributed by atoms with Gasteiger partial charge in [-0.05, 0) is 25.8 Å². The number of hydrogen-bond acceptors (Lipinski definition) is 2. The van der Waals surface area contributed by atoms with Crippen molar-refractivity contribution in [2.45, 2.75) is 31.7 Å². The number of carbonyl (C=O) groups is 1. The fourth-order valence-corrected chi connectivity index (χ4v) is 1.44. The van der Waals surface area contributed by atoms with E-state index in [0.29, 0.717) is 6.42 Å². The topological polar surface area (TPSA) is 49.3 Å². The summed E-state index contributed by atoms with van der Waals surface area (Å²) in [5, 5.41) is 11.8. The highest BCUT2D eigenvalue weighted by Gasteiger charge is 2.38. The van der Waals surface area contributed by atoms with Gasteiger partial charge in [-0.15, -0.1) is 17.0 Å². The first-order chi connectivity index (χ1) is 4.71. The van der Waals surface area contributed by atoms with Crippen LogP contribution in [0.15, 0.2) is 0 Å². The maximum Gasteiger partial charge on any atom is 0.323 e. The summed E-state index contributed by atoms with van der Waals surface area (Å²) in [5.74, 6) is -0.701. The van der Waals surface area contributed by atoms with Gasteiger partial charge in [-0.1, -0.05) is 6.92 Å². The second-order valence-corrected chi connectivity index (χ2v) is 2.77. The first-order valence-electron chi connectivity index (χ1n) is 3.70. The van der Waals surface area contributed by atoms with Crippen LogP contribution in [-0.2, 0) is 4.79 Å². The molecule has 0 amide bonds. The molecule has 1 aliphatic heterocycles. The molecule has 1 rings (SSSR count). The molecule has 0 spiro atoms. The number of carboxylic acids is 1. The van der Waals surface area contributed by atoms with Gasteiger partial charge in [0.2, 0.25) is 0 Å². The third-order valence-electron chi connectivity index (χ3n) is 2.26. The van der Waals surface area contributed by atoms with Crippen molar-refractivity contribution in [2.24, 2.45) is 0 Å². The minimum atomic E-state index is -0.701. The van der Waals surface area contributed by atoms with Gasteiger partial charge >= 0.3 is 5.97 Å². The van der Waals surface area contributed by atoms with E-state index in [4.69, 9.17) is 5.11 Å². The van der Waals surface area contributed by atoms with Crippen LogP contribution in [-0.4, -0.2) is 23.2 Å². The Balaban J connectivity index is 0.000001000. The van der Waals surface area contributed by atoms with E-state index in [1.807, 2.05) is 6.92 Å². The number of halogens is 1. The van der Waals surface area contributed by atoms with Crippen LogP contribution in [0.2, 0.25) is 0 Å². The van der Waals surface area contributed by atoms with Crippen molar-refractivity contribution in [3.8, 4) is 0 Å². The summed E-state index contributed by atoms with van der Waals surface area (Å²) in [4.78, 5) is 10.7. The Bertz CT molecular complexity index is 143. The van der Waals surface area contributed by atoms with Crippen LogP contribution in [0.1, 0.15) is 26.2 Å². The smallest absolute Gasteiger partial charge is 0.323 e. The average molecular weight is 224 g/mol. The van der Waals surface area contributed by atoms with Gasteiger partial charge in [0.25, 0.3) is 0 Å². The standard InChI is InChI=1S/C7H13NO2.BrH/c1-2-7(6(9)10)4-3-5-8-7;/h8H,2-5H2,1H3,(H,9,10);1H/t7-;/m0./s1. The molecule has 11 heavy (non-hydrogen) atoms. The van der Waals surface area contributed by atoms with Gasteiger partial charge in [-0.3, -0.25) is 4.79 Å². The highest BCUT2D eigenvalue weighted by molar-refractivity contribution is 8.93. The van der Waals surface area contributed by atoms with E-state index in [9.17, 15) is 4.79 Å². The molecule has 0 radical (unpaired) electrons. The van der Waals surface area contributed by atoms with Gasteiger partial charge in [-0.2, -0.15) is 0 Å². The van der Waals surface area contributed by atoms with Gasteiger partial charge in [0, 0.05) is 0 Å². The minimum Gasteiger partial charge on any atom is -0.480 e. The molecular weight excluding hydrogens is 210 g/mol. The Morgan fingerprint density at radius 1 is 1.73 bits per heavy atom. The molecule has 1 atom stereocenters. The Morgan fingerprint density at radius 2 is 2.36 bits per heavy atom. The first-order valence-corrected chi connectivity index (χ1v) is 3.70. The molecule has 2 N–H and O–H groups in total. The van der Waals surface area contributed by atoms with Crippen LogP contribution in [0.25, 0.3) is 0 Å². The normalized spacial score (nSPS) is 29.5. The Morgan fingerprint density at radius 3 is 2.55 bits per heavy atom. The second kappa shape index (κ2) is 4.07. The van der Waals surface area contributed by atoms with Crippen molar-refractivity contribution in [2.75, 3.05) is 6.54 Å². The van der Waals surface area contributed by atoms with E-state index in [1.165, 1.54) is 0 Å². The fraction of sp³-hybridized carbons (Fsp3) is 0.857. The lowest BCUT2D eigenvalue weighted by Gasteiger charge is -2.21. The predicted molar refractivity (Wildman–Crippen MR) is 48.2 cm³/mol. The van der Waals surface area contributed by atoms with Crippen LogP contribution >= 0.6 is 17.0 Å². The van der Waals surface area contributed by atoms with E-state index in [-0.39, 0.29) is 17.0 Å². The average Bonchev–Trinajstić information content (AvgIpc) is 2.35. The van der Waals surface area contributed by atoms with E-state index < -0.39 is 11.5 Å². The summed E-state index contributed by atoms with van der Waals surface area (Å²) in [6.45, 7) is 2.76. The van der Waals surface area contributed by atoms with Gasteiger partial charge in [0.05, 0.1) is 0 Å². The number of aliphatic carboxylic acids is 1. The molecule has 0 aromatic carbocycles. The molecule has 0 aromatic heterocycles. The van der Waals surface area contributed by atoms with Crippen LogP contribution in [0.3, 0.4) is 0 Å². The Hall–Kier alpha value is -0.0900. The van der Waals surface area contributed by atoms with Crippen LogP contribution in [0.5, 0.6) is 0 Å². The Kier molecular flexibility index (Phi) is 4.03. The minimum absolute atomic E-state index is 0. The largest absolute Gasteiger partial charge is 0.480 e. The summed E-state index contributed by atoms with van der Waals surface area (Å²) in [7, 11) is 0. The monoisotopic (exact) mass is 223 g/mol. The van der Waals surface area contributed by atoms with Crippen molar-refractivity contribution in [1.29, 1.82) is 0 Å². The zero-order chi connectivity index (χ0) is 7.61. The molecule has 0 unspecified atom stereocenters. The predicted octanol–water partition coefficient (Wildman–Crippen LogP) is 1.18. The van der Waals surface area contributed by atoms with Crippen LogP contribution in [0.4, 0.5) is 0 Å².